The van der Waals surface area contributed by atoms with Crippen LogP contribution in [-0.4, -0.2) is 16.1 Å². The molecule has 88 valence electrons. The predicted octanol–water partition coefficient (Wildman–Crippen LogP) is 3.05. The van der Waals surface area contributed by atoms with Crippen molar-refractivity contribution in [1.29, 1.82) is 0 Å². The van der Waals surface area contributed by atoms with Crippen LogP contribution in [0.25, 0.3) is 10.4 Å². The van der Waals surface area contributed by atoms with E-state index in [-0.39, 0.29) is 6.42 Å². The van der Waals surface area contributed by atoms with Gasteiger partial charge in [-0.2, -0.15) is 0 Å². The van der Waals surface area contributed by atoms with Crippen molar-refractivity contribution in [3.05, 3.63) is 40.5 Å². The largest absolute Gasteiger partial charge is 0.481 e. The topological polar surface area (TPSA) is 50.2 Å². The van der Waals surface area contributed by atoms with Gasteiger partial charge in [-0.3, -0.25) is 4.79 Å². The highest BCUT2D eigenvalue weighted by atomic mass is 32.1. The summed E-state index contributed by atoms with van der Waals surface area (Å²) in [5.74, 6) is -0.843. The summed E-state index contributed by atoms with van der Waals surface area (Å²) >= 11 is 1.54. The Balaban J connectivity index is 2.47. The van der Waals surface area contributed by atoms with E-state index in [9.17, 15) is 4.79 Å². The van der Waals surface area contributed by atoms with Crippen LogP contribution in [-0.2, 0) is 11.2 Å². The summed E-state index contributed by atoms with van der Waals surface area (Å²) in [7, 11) is 0. The Morgan fingerprint density at radius 3 is 2.82 bits per heavy atom. The van der Waals surface area contributed by atoms with Crippen LogP contribution in [0.1, 0.15) is 16.3 Å². The summed E-state index contributed by atoms with van der Waals surface area (Å²) in [4.78, 5) is 16.1. The van der Waals surface area contributed by atoms with E-state index in [1.54, 1.807) is 11.3 Å². The molecule has 0 atom stereocenters. The fourth-order valence-corrected chi connectivity index (χ4v) is 2.68. The molecular weight excluding hydrogens is 234 g/mol. The molecule has 3 nitrogen and oxygen atoms in total. The van der Waals surface area contributed by atoms with Crippen molar-refractivity contribution < 1.29 is 9.90 Å². The Labute approximate surface area is 104 Å². The van der Waals surface area contributed by atoms with Gasteiger partial charge in [-0.25, -0.2) is 4.98 Å². The Bertz CT molecular complexity index is 560. The van der Waals surface area contributed by atoms with E-state index in [2.05, 4.69) is 11.1 Å². The van der Waals surface area contributed by atoms with Crippen LogP contribution in [0.4, 0.5) is 0 Å². The second-order valence-corrected chi connectivity index (χ2v) is 5.15. The average molecular weight is 247 g/mol. The van der Waals surface area contributed by atoms with Gasteiger partial charge in [-0.1, -0.05) is 29.8 Å². The molecule has 1 aromatic heterocycles. The van der Waals surface area contributed by atoms with E-state index >= 15 is 0 Å². The van der Waals surface area contributed by atoms with Crippen molar-refractivity contribution in [2.45, 2.75) is 20.3 Å². The SMILES string of the molecule is Cc1cccc(-c2sc(C)nc2CC(=O)O)c1. The minimum Gasteiger partial charge on any atom is -0.481 e. The van der Waals surface area contributed by atoms with E-state index in [4.69, 9.17) is 5.11 Å². The molecule has 0 aliphatic heterocycles. The molecule has 1 N–H and O–H groups in total. The first-order chi connectivity index (χ1) is 8.06. The van der Waals surface area contributed by atoms with Crippen LogP contribution in [0.5, 0.6) is 0 Å². The number of carboxylic acids is 1. The van der Waals surface area contributed by atoms with Crippen LogP contribution in [0, 0.1) is 13.8 Å². The molecule has 0 radical (unpaired) electrons. The lowest BCUT2D eigenvalue weighted by Gasteiger charge is -2.01. The highest BCUT2D eigenvalue weighted by Crippen LogP contribution is 2.30. The highest BCUT2D eigenvalue weighted by Gasteiger charge is 2.13. The minimum atomic E-state index is -0.843. The molecule has 0 aliphatic rings. The molecule has 1 aromatic carbocycles. The number of aromatic nitrogens is 1. The lowest BCUT2D eigenvalue weighted by atomic mass is 10.1. The predicted molar refractivity (Wildman–Crippen MR) is 68.4 cm³/mol. The number of nitrogens with zero attached hydrogens (tertiary/aromatic N) is 1. The van der Waals surface area contributed by atoms with Gasteiger partial charge >= 0.3 is 5.97 Å². The number of hydrogen-bond acceptors (Lipinski definition) is 3. The monoisotopic (exact) mass is 247 g/mol. The molecule has 2 aromatic rings. The maximum absolute atomic E-state index is 10.8. The molecule has 4 heteroatoms. The zero-order chi connectivity index (χ0) is 12.4. The number of benzene rings is 1. The van der Waals surface area contributed by atoms with E-state index < -0.39 is 5.97 Å². The molecule has 0 spiro atoms. The Morgan fingerprint density at radius 2 is 2.18 bits per heavy atom. The van der Waals surface area contributed by atoms with E-state index in [0.29, 0.717) is 5.69 Å². The van der Waals surface area contributed by atoms with Gasteiger partial charge in [0.1, 0.15) is 0 Å². The lowest BCUT2D eigenvalue weighted by Crippen LogP contribution is -2.01. The van der Waals surface area contributed by atoms with Crippen molar-refractivity contribution in [3.63, 3.8) is 0 Å². The zero-order valence-corrected chi connectivity index (χ0v) is 10.5. The number of rotatable bonds is 3. The first kappa shape index (κ1) is 11.8. The fraction of sp³-hybridized carbons (Fsp3) is 0.231. The van der Waals surface area contributed by atoms with Crippen molar-refractivity contribution in [2.75, 3.05) is 0 Å². The van der Waals surface area contributed by atoms with Crippen LogP contribution < -0.4 is 0 Å². The molecule has 0 amide bonds. The van der Waals surface area contributed by atoms with Gasteiger partial charge in [0.05, 0.1) is 22.0 Å². The quantitative estimate of drug-likeness (QED) is 0.906. The second-order valence-electron chi connectivity index (χ2n) is 3.95. The third-order valence-corrected chi connectivity index (χ3v) is 3.47. The number of hydrogen-bond donors (Lipinski definition) is 1. The summed E-state index contributed by atoms with van der Waals surface area (Å²) in [6.07, 6.45) is -0.0202. The number of thiazole rings is 1. The minimum absolute atomic E-state index is 0.0202. The van der Waals surface area contributed by atoms with Gasteiger partial charge in [-0.15, -0.1) is 11.3 Å². The molecule has 0 bridgehead atoms. The second kappa shape index (κ2) is 4.67. The van der Waals surface area contributed by atoms with Crippen molar-refractivity contribution in [3.8, 4) is 10.4 Å². The Hall–Kier alpha value is -1.68. The average Bonchev–Trinajstić information content (AvgIpc) is 2.58. The Kier molecular flexibility index (Phi) is 3.24. The summed E-state index contributed by atoms with van der Waals surface area (Å²) in [5, 5.41) is 9.77. The van der Waals surface area contributed by atoms with Crippen LogP contribution in [0.15, 0.2) is 24.3 Å². The van der Waals surface area contributed by atoms with E-state index in [1.165, 1.54) is 0 Å². The van der Waals surface area contributed by atoms with Gasteiger partial charge in [-0.05, 0) is 19.4 Å². The number of carbonyl (C=O) groups is 1. The number of carboxylic acid groups (broad SMARTS) is 1. The van der Waals surface area contributed by atoms with Crippen LogP contribution in [0.3, 0.4) is 0 Å². The summed E-state index contributed by atoms with van der Waals surface area (Å²) in [6.45, 7) is 3.92. The van der Waals surface area contributed by atoms with Gasteiger partial charge < -0.3 is 5.11 Å². The molecule has 1 heterocycles. The summed E-state index contributed by atoms with van der Waals surface area (Å²) in [5.41, 5.74) is 2.87. The van der Waals surface area contributed by atoms with E-state index in [1.807, 2.05) is 32.0 Å². The van der Waals surface area contributed by atoms with Gasteiger partial charge in [0.25, 0.3) is 0 Å². The van der Waals surface area contributed by atoms with Crippen molar-refractivity contribution in [2.24, 2.45) is 0 Å². The number of aryl methyl sites for hydroxylation is 2. The van der Waals surface area contributed by atoms with Crippen molar-refractivity contribution >= 4 is 17.3 Å². The molecule has 0 saturated carbocycles. The number of aliphatic carboxylic acids is 1. The maximum atomic E-state index is 10.8. The molecule has 0 aliphatic carbocycles. The standard InChI is InChI=1S/C13H13NO2S/c1-8-4-3-5-10(6-8)13-11(7-12(15)16)14-9(2)17-13/h3-6H,7H2,1-2H3,(H,15,16). The molecule has 0 saturated heterocycles. The molecular formula is C13H13NO2S. The first-order valence-electron chi connectivity index (χ1n) is 5.31. The molecule has 0 unspecified atom stereocenters. The third-order valence-electron chi connectivity index (χ3n) is 2.40. The van der Waals surface area contributed by atoms with Crippen LogP contribution >= 0.6 is 11.3 Å². The maximum Gasteiger partial charge on any atom is 0.309 e. The van der Waals surface area contributed by atoms with Crippen molar-refractivity contribution in [1.82, 2.24) is 4.98 Å². The van der Waals surface area contributed by atoms with Gasteiger partial charge in [0, 0.05) is 0 Å². The Morgan fingerprint density at radius 1 is 1.41 bits per heavy atom. The van der Waals surface area contributed by atoms with E-state index in [0.717, 1.165) is 21.0 Å². The zero-order valence-electron chi connectivity index (χ0n) is 9.73. The lowest BCUT2D eigenvalue weighted by molar-refractivity contribution is -0.136. The van der Waals surface area contributed by atoms with Crippen LogP contribution in [0.2, 0.25) is 0 Å². The highest BCUT2D eigenvalue weighted by molar-refractivity contribution is 7.15. The van der Waals surface area contributed by atoms with Gasteiger partial charge in [0.2, 0.25) is 0 Å². The smallest absolute Gasteiger partial charge is 0.309 e. The normalized spacial score (nSPS) is 10.5. The molecule has 0 fully saturated rings. The molecule has 17 heavy (non-hydrogen) atoms. The first-order valence-corrected chi connectivity index (χ1v) is 6.13. The van der Waals surface area contributed by atoms with Gasteiger partial charge in [0.15, 0.2) is 0 Å². The summed E-state index contributed by atoms with van der Waals surface area (Å²) < 4.78 is 0. The third kappa shape index (κ3) is 2.71. The fourth-order valence-electron chi connectivity index (χ4n) is 1.75. The summed E-state index contributed by atoms with van der Waals surface area (Å²) in [6, 6.07) is 8.04. The molecule has 2 rings (SSSR count).